The molecule has 0 heterocycles. The summed E-state index contributed by atoms with van der Waals surface area (Å²) in [4.78, 5) is 0. The molecule has 0 amide bonds. The van der Waals surface area contributed by atoms with Crippen molar-refractivity contribution in [3.8, 4) is 0 Å². The Morgan fingerprint density at radius 3 is 2.00 bits per heavy atom. The lowest BCUT2D eigenvalue weighted by molar-refractivity contribution is 0.589. The molecule has 0 fully saturated rings. The van der Waals surface area contributed by atoms with Gasteiger partial charge in [0.2, 0.25) is 0 Å². The van der Waals surface area contributed by atoms with Crippen molar-refractivity contribution < 1.29 is 0 Å². The molecule has 2 aromatic rings. The quantitative estimate of drug-likeness (QED) is 0.788. The molecule has 1 unspecified atom stereocenters. The van der Waals surface area contributed by atoms with Crippen molar-refractivity contribution in [3.05, 3.63) is 69.2 Å². The van der Waals surface area contributed by atoms with E-state index in [0.717, 1.165) is 4.47 Å². The second-order valence-corrected chi connectivity index (χ2v) is 7.46. The zero-order chi connectivity index (χ0) is 15.6. The van der Waals surface area contributed by atoms with Gasteiger partial charge >= 0.3 is 0 Å². The van der Waals surface area contributed by atoms with E-state index in [2.05, 4.69) is 91.4 Å². The Labute approximate surface area is 136 Å². The Bertz CT molecular complexity index is 608. The summed E-state index contributed by atoms with van der Waals surface area (Å²) in [6.07, 6.45) is 0. The third-order valence-electron chi connectivity index (χ3n) is 3.91. The summed E-state index contributed by atoms with van der Waals surface area (Å²) in [5.74, 6) is 0. The normalized spacial score (nSPS) is 13.2. The molecule has 0 aromatic heterocycles. The molecule has 0 radical (unpaired) electrons. The zero-order valence-electron chi connectivity index (χ0n) is 13.5. The van der Waals surface area contributed by atoms with Crippen molar-refractivity contribution in [2.45, 2.75) is 39.2 Å². The van der Waals surface area contributed by atoms with E-state index >= 15 is 0 Å². The lowest BCUT2D eigenvalue weighted by atomic mass is 9.85. The number of hydrogen-bond donors (Lipinski definition) is 1. The van der Waals surface area contributed by atoms with Crippen LogP contribution in [0.25, 0.3) is 0 Å². The molecule has 2 aromatic carbocycles. The third-order valence-corrected chi connectivity index (χ3v) is 4.80. The summed E-state index contributed by atoms with van der Waals surface area (Å²) in [5, 5.41) is 3.42. The minimum absolute atomic E-state index is 0.196. The minimum atomic E-state index is 0.196. The predicted octanol–water partition coefficient (Wildman–Crippen LogP) is 5.36. The Hall–Kier alpha value is -1.12. The van der Waals surface area contributed by atoms with Crippen molar-refractivity contribution in [1.82, 2.24) is 5.32 Å². The maximum Gasteiger partial charge on any atom is 0.0574 e. The average Bonchev–Trinajstić information content (AvgIpc) is 2.43. The first-order chi connectivity index (χ1) is 9.82. The van der Waals surface area contributed by atoms with Gasteiger partial charge in [0.1, 0.15) is 0 Å². The van der Waals surface area contributed by atoms with E-state index in [1.807, 2.05) is 7.05 Å². The van der Waals surface area contributed by atoms with E-state index in [-0.39, 0.29) is 11.5 Å². The zero-order valence-corrected chi connectivity index (χ0v) is 15.1. The van der Waals surface area contributed by atoms with Crippen LogP contribution in [0.2, 0.25) is 0 Å². The van der Waals surface area contributed by atoms with Gasteiger partial charge in [-0.25, -0.2) is 0 Å². The van der Waals surface area contributed by atoms with Crippen LogP contribution in [-0.2, 0) is 5.41 Å². The van der Waals surface area contributed by atoms with Crippen LogP contribution in [0.3, 0.4) is 0 Å². The standard InChI is InChI=1S/C19H24BrN/c1-13-12-15(8-11-17(13)20)18(21-5)14-6-9-16(10-7-14)19(2,3)4/h6-12,18,21H,1-5H3. The number of halogens is 1. The fourth-order valence-electron chi connectivity index (χ4n) is 2.55. The molecule has 21 heavy (non-hydrogen) atoms. The molecule has 0 aliphatic heterocycles. The Morgan fingerprint density at radius 1 is 0.952 bits per heavy atom. The third kappa shape index (κ3) is 3.75. The molecule has 0 aliphatic carbocycles. The van der Waals surface area contributed by atoms with E-state index in [9.17, 15) is 0 Å². The van der Waals surface area contributed by atoms with Crippen molar-refractivity contribution in [1.29, 1.82) is 0 Å². The lowest BCUT2D eigenvalue weighted by Gasteiger charge is -2.22. The molecule has 0 bridgehead atoms. The predicted molar refractivity (Wildman–Crippen MR) is 94.9 cm³/mol. The molecule has 2 heteroatoms. The van der Waals surface area contributed by atoms with Crippen LogP contribution in [0.1, 0.15) is 49.1 Å². The van der Waals surface area contributed by atoms with Gasteiger partial charge in [-0.15, -0.1) is 0 Å². The summed E-state index contributed by atoms with van der Waals surface area (Å²) in [6.45, 7) is 8.87. The van der Waals surface area contributed by atoms with Gasteiger partial charge in [-0.1, -0.05) is 73.1 Å². The topological polar surface area (TPSA) is 12.0 Å². The summed E-state index contributed by atoms with van der Waals surface area (Å²) in [6, 6.07) is 15.7. The van der Waals surface area contributed by atoms with Gasteiger partial charge in [0.15, 0.2) is 0 Å². The van der Waals surface area contributed by atoms with Gasteiger partial charge in [-0.05, 0) is 47.7 Å². The first kappa shape index (κ1) is 16.3. The molecule has 112 valence electrons. The average molecular weight is 346 g/mol. The van der Waals surface area contributed by atoms with E-state index in [1.54, 1.807) is 0 Å². The summed E-state index contributed by atoms with van der Waals surface area (Å²) < 4.78 is 1.16. The molecule has 0 spiro atoms. The lowest BCUT2D eigenvalue weighted by Crippen LogP contribution is -2.18. The highest BCUT2D eigenvalue weighted by Crippen LogP contribution is 2.28. The van der Waals surface area contributed by atoms with Crippen LogP contribution in [0.4, 0.5) is 0 Å². The fraction of sp³-hybridized carbons (Fsp3) is 0.368. The highest BCUT2D eigenvalue weighted by atomic mass is 79.9. The Kier molecular flexibility index (Phi) is 4.90. The minimum Gasteiger partial charge on any atom is -0.309 e. The summed E-state index contributed by atoms with van der Waals surface area (Å²) in [7, 11) is 2.01. The van der Waals surface area contributed by atoms with Crippen LogP contribution >= 0.6 is 15.9 Å². The van der Waals surface area contributed by atoms with E-state index in [4.69, 9.17) is 0 Å². The maximum atomic E-state index is 3.57. The highest BCUT2D eigenvalue weighted by molar-refractivity contribution is 9.10. The van der Waals surface area contributed by atoms with Crippen molar-refractivity contribution >= 4 is 15.9 Å². The van der Waals surface area contributed by atoms with Crippen LogP contribution in [0.5, 0.6) is 0 Å². The van der Waals surface area contributed by atoms with E-state index < -0.39 is 0 Å². The highest BCUT2D eigenvalue weighted by Gasteiger charge is 2.16. The first-order valence-corrected chi connectivity index (χ1v) is 8.16. The summed E-state index contributed by atoms with van der Waals surface area (Å²) >= 11 is 3.57. The number of nitrogens with one attached hydrogen (secondary N) is 1. The van der Waals surface area contributed by atoms with Crippen LogP contribution < -0.4 is 5.32 Å². The van der Waals surface area contributed by atoms with Gasteiger partial charge in [-0.2, -0.15) is 0 Å². The second kappa shape index (κ2) is 6.33. The monoisotopic (exact) mass is 345 g/mol. The molecule has 0 saturated carbocycles. The van der Waals surface area contributed by atoms with Crippen molar-refractivity contribution in [2.75, 3.05) is 7.05 Å². The fourth-order valence-corrected chi connectivity index (χ4v) is 2.80. The van der Waals surface area contributed by atoms with Crippen LogP contribution in [0, 0.1) is 6.92 Å². The van der Waals surface area contributed by atoms with E-state index in [1.165, 1.54) is 22.3 Å². The van der Waals surface area contributed by atoms with Gasteiger partial charge in [-0.3, -0.25) is 0 Å². The van der Waals surface area contributed by atoms with Crippen LogP contribution in [0.15, 0.2) is 46.9 Å². The molecular formula is C19H24BrN. The van der Waals surface area contributed by atoms with Gasteiger partial charge in [0, 0.05) is 4.47 Å². The van der Waals surface area contributed by atoms with Gasteiger partial charge in [0.05, 0.1) is 6.04 Å². The molecule has 1 N–H and O–H groups in total. The molecular weight excluding hydrogens is 322 g/mol. The van der Waals surface area contributed by atoms with Gasteiger partial charge in [0.25, 0.3) is 0 Å². The number of aryl methyl sites for hydroxylation is 1. The number of rotatable bonds is 3. The van der Waals surface area contributed by atoms with Crippen molar-refractivity contribution in [3.63, 3.8) is 0 Å². The molecule has 1 nitrogen and oxygen atoms in total. The first-order valence-electron chi connectivity index (χ1n) is 7.36. The summed E-state index contributed by atoms with van der Waals surface area (Å²) in [5.41, 5.74) is 5.42. The van der Waals surface area contributed by atoms with Crippen molar-refractivity contribution in [2.24, 2.45) is 0 Å². The maximum absolute atomic E-state index is 3.57. The van der Waals surface area contributed by atoms with Gasteiger partial charge < -0.3 is 5.32 Å². The molecule has 0 aliphatic rings. The Balaban J connectivity index is 2.35. The molecule has 1 atom stereocenters. The SMILES string of the molecule is CNC(c1ccc(C(C)(C)C)cc1)c1ccc(Br)c(C)c1. The molecule has 0 saturated heterocycles. The number of benzene rings is 2. The van der Waals surface area contributed by atoms with E-state index in [0.29, 0.717) is 0 Å². The Morgan fingerprint density at radius 2 is 1.52 bits per heavy atom. The molecule has 2 rings (SSSR count). The largest absolute Gasteiger partial charge is 0.309 e. The second-order valence-electron chi connectivity index (χ2n) is 6.60. The number of hydrogen-bond acceptors (Lipinski definition) is 1. The smallest absolute Gasteiger partial charge is 0.0574 e. The van der Waals surface area contributed by atoms with Crippen LogP contribution in [-0.4, -0.2) is 7.05 Å².